The highest BCUT2D eigenvalue weighted by molar-refractivity contribution is 5.48. The second-order valence-corrected chi connectivity index (χ2v) is 5.91. The van der Waals surface area contributed by atoms with E-state index in [4.69, 9.17) is 5.73 Å². The fourth-order valence-electron chi connectivity index (χ4n) is 2.85. The molecule has 0 radical (unpaired) electrons. The number of nitrogens with zero attached hydrogens (tertiary/aromatic N) is 6. The Hall–Kier alpha value is -2.38. The first kappa shape index (κ1) is 14.6. The van der Waals surface area contributed by atoms with Crippen molar-refractivity contribution >= 4 is 17.7 Å². The van der Waals surface area contributed by atoms with Crippen LogP contribution in [0.25, 0.3) is 0 Å². The molecular formula is C14H22N8. The second kappa shape index (κ2) is 5.78. The van der Waals surface area contributed by atoms with Gasteiger partial charge in [0.1, 0.15) is 11.6 Å². The average molecular weight is 302 g/mol. The third-order valence-corrected chi connectivity index (χ3v) is 4.04. The van der Waals surface area contributed by atoms with Crippen molar-refractivity contribution in [3.63, 3.8) is 0 Å². The summed E-state index contributed by atoms with van der Waals surface area (Å²) in [5.74, 6) is 3.34. The molecule has 3 N–H and O–H groups in total. The van der Waals surface area contributed by atoms with Crippen LogP contribution in [-0.4, -0.2) is 52.3 Å². The number of H-pyrrole nitrogens is 1. The Bertz CT molecular complexity index is 642. The maximum Gasteiger partial charge on any atom is 0.239 e. The summed E-state index contributed by atoms with van der Waals surface area (Å²) in [6, 6.07) is 0. The van der Waals surface area contributed by atoms with Crippen molar-refractivity contribution in [2.75, 3.05) is 42.7 Å². The smallest absolute Gasteiger partial charge is 0.239 e. The van der Waals surface area contributed by atoms with Crippen LogP contribution in [0.3, 0.4) is 0 Å². The molecule has 0 aromatic carbocycles. The van der Waals surface area contributed by atoms with Crippen molar-refractivity contribution in [3.8, 4) is 0 Å². The van der Waals surface area contributed by atoms with Gasteiger partial charge >= 0.3 is 0 Å². The molecule has 1 aliphatic heterocycles. The van der Waals surface area contributed by atoms with Gasteiger partial charge in [0.05, 0.1) is 0 Å². The first-order valence-electron chi connectivity index (χ1n) is 7.48. The number of nitrogen functional groups attached to an aromatic ring is 1. The number of aryl methyl sites for hydroxylation is 1. The maximum atomic E-state index is 5.57. The highest BCUT2D eigenvalue weighted by atomic mass is 15.3. The molecule has 118 valence electrons. The average Bonchev–Trinajstić information content (AvgIpc) is 2.94. The molecule has 1 saturated heterocycles. The Balaban J connectivity index is 1.70. The fourth-order valence-corrected chi connectivity index (χ4v) is 2.85. The van der Waals surface area contributed by atoms with Gasteiger partial charge in [-0.25, -0.2) is 4.98 Å². The quantitative estimate of drug-likeness (QED) is 0.870. The molecule has 0 saturated carbocycles. The van der Waals surface area contributed by atoms with Gasteiger partial charge in [-0.05, 0) is 19.8 Å². The molecule has 8 heteroatoms. The van der Waals surface area contributed by atoms with Crippen LogP contribution in [0.15, 0.2) is 6.20 Å². The monoisotopic (exact) mass is 302 g/mol. The molecule has 0 bridgehead atoms. The van der Waals surface area contributed by atoms with E-state index in [1.54, 1.807) is 0 Å². The van der Waals surface area contributed by atoms with Crippen LogP contribution in [0.1, 0.15) is 30.1 Å². The van der Waals surface area contributed by atoms with Gasteiger partial charge in [-0.15, -0.1) is 5.10 Å². The van der Waals surface area contributed by atoms with Gasteiger partial charge in [0.25, 0.3) is 0 Å². The highest BCUT2D eigenvalue weighted by Crippen LogP contribution is 2.28. The number of nitrogens with two attached hydrogens (primary N) is 1. The van der Waals surface area contributed by atoms with Crippen molar-refractivity contribution in [2.24, 2.45) is 0 Å². The Morgan fingerprint density at radius 2 is 2.00 bits per heavy atom. The zero-order valence-electron chi connectivity index (χ0n) is 13.2. The molecular weight excluding hydrogens is 280 g/mol. The lowest BCUT2D eigenvalue weighted by molar-refractivity contribution is 0.482. The normalized spacial score (nSPS) is 16.0. The van der Waals surface area contributed by atoms with E-state index in [1.165, 1.54) is 0 Å². The summed E-state index contributed by atoms with van der Waals surface area (Å²) in [5, 5.41) is 6.83. The molecule has 2 aromatic rings. The molecule has 2 aromatic heterocycles. The topological polar surface area (TPSA) is 99.8 Å². The number of rotatable bonds is 3. The lowest BCUT2D eigenvalue weighted by Crippen LogP contribution is -2.34. The number of hydrogen-bond acceptors (Lipinski definition) is 7. The maximum absolute atomic E-state index is 5.57. The van der Waals surface area contributed by atoms with E-state index in [2.05, 4.69) is 30.0 Å². The van der Waals surface area contributed by atoms with Crippen molar-refractivity contribution in [1.29, 1.82) is 0 Å². The third kappa shape index (κ3) is 2.81. The molecule has 0 amide bonds. The molecule has 0 unspecified atom stereocenters. The SMILES string of the molecule is Cc1cnc(N2CCC(c3nc(N)n[nH]3)CC2)nc1N(C)C. The summed E-state index contributed by atoms with van der Waals surface area (Å²) >= 11 is 0. The van der Waals surface area contributed by atoms with Crippen LogP contribution in [0, 0.1) is 6.92 Å². The standard InChI is InChI=1S/C14H22N8/c1-9-8-16-14(18-12(9)21(2)3)22-6-4-10(5-7-22)11-17-13(15)20-19-11/h8,10H,4-7H2,1-3H3,(H3,15,17,19,20). The van der Waals surface area contributed by atoms with Gasteiger partial charge in [0.15, 0.2) is 0 Å². The van der Waals surface area contributed by atoms with E-state index in [0.29, 0.717) is 11.9 Å². The minimum atomic E-state index is 0.315. The summed E-state index contributed by atoms with van der Waals surface area (Å²) in [5.41, 5.74) is 6.66. The van der Waals surface area contributed by atoms with Crippen LogP contribution >= 0.6 is 0 Å². The van der Waals surface area contributed by atoms with E-state index in [1.807, 2.05) is 32.1 Å². The van der Waals surface area contributed by atoms with Crippen molar-refractivity contribution in [3.05, 3.63) is 17.6 Å². The second-order valence-electron chi connectivity index (χ2n) is 5.91. The summed E-state index contributed by atoms with van der Waals surface area (Å²) in [7, 11) is 4.00. The van der Waals surface area contributed by atoms with E-state index < -0.39 is 0 Å². The Labute approximate surface area is 129 Å². The van der Waals surface area contributed by atoms with Crippen molar-refractivity contribution in [2.45, 2.75) is 25.7 Å². The lowest BCUT2D eigenvalue weighted by Gasteiger charge is -2.31. The summed E-state index contributed by atoms with van der Waals surface area (Å²) < 4.78 is 0. The van der Waals surface area contributed by atoms with Crippen LogP contribution in [0.5, 0.6) is 0 Å². The highest BCUT2D eigenvalue weighted by Gasteiger charge is 2.25. The predicted octanol–water partition coefficient (Wildman–Crippen LogP) is 0.935. The van der Waals surface area contributed by atoms with Gasteiger partial charge in [-0.1, -0.05) is 0 Å². The molecule has 0 aliphatic carbocycles. The zero-order chi connectivity index (χ0) is 15.7. The van der Waals surface area contributed by atoms with E-state index >= 15 is 0 Å². The molecule has 22 heavy (non-hydrogen) atoms. The van der Waals surface area contributed by atoms with Gasteiger partial charge in [0, 0.05) is 44.9 Å². The summed E-state index contributed by atoms with van der Waals surface area (Å²) in [6.07, 6.45) is 3.87. The lowest BCUT2D eigenvalue weighted by atomic mass is 9.96. The zero-order valence-corrected chi connectivity index (χ0v) is 13.2. The number of aromatic amines is 1. The molecule has 3 heterocycles. The van der Waals surface area contributed by atoms with Gasteiger partial charge in [-0.2, -0.15) is 9.97 Å². The molecule has 1 aliphatic rings. The third-order valence-electron chi connectivity index (χ3n) is 4.04. The first-order chi connectivity index (χ1) is 10.5. The summed E-state index contributed by atoms with van der Waals surface area (Å²) in [6.45, 7) is 3.84. The van der Waals surface area contributed by atoms with Crippen molar-refractivity contribution in [1.82, 2.24) is 25.1 Å². The van der Waals surface area contributed by atoms with E-state index in [0.717, 1.165) is 49.1 Å². The van der Waals surface area contributed by atoms with Gasteiger partial charge in [-0.3, -0.25) is 5.10 Å². The minimum Gasteiger partial charge on any atom is -0.367 e. The van der Waals surface area contributed by atoms with Crippen LogP contribution in [0.2, 0.25) is 0 Å². The minimum absolute atomic E-state index is 0.315. The van der Waals surface area contributed by atoms with Gasteiger partial charge < -0.3 is 15.5 Å². The Morgan fingerprint density at radius 1 is 1.27 bits per heavy atom. The predicted molar refractivity (Wildman–Crippen MR) is 86.1 cm³/mol. The molecule has 0 atom stereocenters. The fraction of sp³-hybridized carbons (Fsp3) is 0.571. The Morgan fingerprint density at radius 3 is 2.59 bits per heavy atom. The number of anilines is 3. The van der Waals surface area contributed by atoms with Crippen LogP contribution in [0.4, 0.5) is 17.7 Å². The van der Waals surface area contributed by atoms with E-state index in [9.17, 15) is 0 Å². The van der Waals surface area contributed by atoms with Gasteiger partial charge in [0.2, 0.25) is 11.9 Å². The number of nitrogens with one attached hydrogen (secondary N) is 1. The van der Waals surface area contributed by atoms with Crippen molar-refractivity contribution < 1.29 is 0 Å². The molecule has 3 rings (SSSR count). The molecule has 0 spiro atoms. The summed E-state index contributed by atoms with van der Waals surface area (Å²) in [4.78, 5) is 17.6. The first-order valence-corrected chi connectivity index (χ1v) is 7.48. The molecule has 8 nitrogen and oxygen atoms in total. The largest absolute Gasteiger partial charge is 0.367 e. The van der Waals surface area contributed by atoms with Crippen LogP contribution in [-0.2, 0) is 0 Å². The number of aromatic nitrogens is 5. The number of hydrogen-bond donors (Lipinski definition) is 2. The molecule has 1 fully saturated rings. The Kier molecular flexibility index (Phi) is 3.82. The van der Waals surface area contributed by atoms with Crippen LogP contribution < -0.4 is 15.5 Å². The van der Waals surface area contributed by atoms with E-state index in [-0.39, 0.29) is 0 Å². The number of piperidine rings is 1.